The van der Waals surface area contributed by atoms with Gasteiger partial charge in [0.05, 0.1) is 29.7 Å². The van der Waals surface area contributed by atoms with Crippen LogP contribution in [0.3, 0.4) is 0 Å². The van der Waals surface area contributed by atoms with Crippen molar-refractivity contribution in [3.8, 4) is 22.9 Å². The van der Waals surface area contributed by atoms with Crippen molar-refractivity contribution in [3.63, 3.8) is 0 Å². The number of fused-ring (bicyclic) bond motifs is 1. The molecule has 282 valence electrons. The zero-order chi connectivity index (χ0) is 38.8. The van der Waals surface area contributed by atoms with Crippen LogP contribution in [0.25, 0.3) is 22.2 Å². The lowest BCUT2D eigenvalue weighted by Gasteiger charge is -2.21. The molecule has 1 heterocycles. The van der Waals surface area contributed by atoms with Gasteiger partial charge in [0.15, 0.2) is 12.1 Å². The van der Waals surface area contributed by atoms with Gasteiger partial charge >= 0.3 is 12.1 Å². The van der Waals surface area contributed by atoms with E-state index >= 15 is 0 Å². The van der Waals surface area contributed by atoms with Crippen LogP contribution in [0.1, 0.15) is 47.8 Å². The molecule has 5 aromatic rings. The molecule has 54 heavy (non-hydrogen) atoms. The third-order valence-electron chi connectivity index (χ3n) is 7.96. The number of hydrogen-bond acceptors (Lipinski definition) is 14. The van der Waals surface area contributed by atoms with E-state index in [1.165, 1.54) is 38.3 Å². The Morgan fingerprint density at radius 1 is 0.944 bits per heavy atom. The summed E-state index contributed by atoms with van der Waals surface area (Å²) in [5.74, 6) is 5.74. The molecule has 0 saturated heterocycles. The van der Waals surface area contributed by atoms with Crippen LogP contribution in [0, 0.1) is 10.1 Å². The molecule has 0 fully saturated rings. The van der Waals surface area contributed by atoms with Crippen molar-refractivity contribution in [2.75, 3.05) is 13.7 Å². The standard InChI is InChI=1S/C37H39N7O10/c1-5-50-36-40-32-12-8-11-31(35(45)53-24(3)49-4)33(32)42(36)21-25-13-17-27(18-14-25)29-9-6-7-10-30(29)34(38)41-43(39)23(2)52-37(46)54-28-19-15-26(16-20-28)22-51-44(47)48/h6-20,23-24H,5,21-22,39H2,1-4H3,(H2,38,41). The number of hydrazine groups is 1. The molecule has 2 atom stereocenters. The Bertz CT molecular complexity index is 2120. The number of hydrogen-bond donors (Lipinski definition) is 2. The Morgan fingerprint density at radius 3 is 2.31 bits per heavy atom. The Balaban J connectivity index is 1.29. The number of carbonyl (C=O) groups excluding carboxylic acids is 2. The van der Waals surface area contributed by atoms with Crippen LogP contribution in [-0.4, -0.2) is 64.0 Å². The van der Waals surface area contributed by atoms with E-state index in [0.717, 1.165) is 21.8 Å². The summed E-state index contributed by atoms with van der Waals surface area (Å²) < 4.78 is 28.7. The minimum Gasteiger partial charge on any atom is -0.465 e. The molecule has 0 aliphatic heterocycles. The van der Waals surface area contributed by atoms with Gasteiger partial charge in [-0.1, -0.05) is 66.7 Å². The number of carbonyl (C=O) groups is 2. The monoisotopic (exact) mass is 741 g/mol. The van der Waals surface area contributed by atoms with Crippen LogP contribution in [0.15, 0.2) is 96.1 Å². The van der Waals surface area contributed by atoms with Crippen molar-refractivity contribution < 1.29 is 43.2 Å². The van der Waals surface area contributed by atoms with Gasteiger partial charge in [-0.2, -0.15) is 10.1 Å². The Morgan fingerprint density at radius 2 is 1.63 bits per heavy atom. The Hall–Kier alpha value is -6.72. The number of hydrazone groups is 1. The van der Waals surface area contributed by atoms with Crippen molar-refractivity contribution >= 4 is 29.0 Å². The van der Waals surface area contributed by atoms with Crippen LogP contribution in [0.4, 0.5) is 4.79 Å². The summed E-state index contributed by atoms with van der Waals surface area (Å²) in [6.07, 6.45) is -2.87. The molecule has 2 unspecified atom stereocenters. The highest BCUT2D eigenvalue weighted by Gasteiger charge is 2.22. The van der Waals surface area contributed by atoms with E-state index in [-0.39, 0.29) is 18.2 Å². The van der Waals surface area contributed by atoms with Crippen molar-refractivity contribution in [2.24, 2.45) is 16.7 Å². The van der Waals surface area contributed by atoms with E-state index in [1.807, 2.05) is 47.9 Å². The molecule has 0 spiro atoms. The molecule has 17 heteroatoms. The number of imidazole rings is 1. The minimum atomic E-state index is -1.08. The largest absolute Gasteiger partial charge is 0.515 e. The molecule has 0 aliphatic rings. The van der Waals surface area contributed by atoms with Crippen LogP contribution in [0.5, 0.6) is 11.8 Å². The van der Waals surface area contributed by atoms with Crippen molar-refractivity contribution in [2.45, 2.75) is 46.4 Å². The van der Waals surface area contributed by atoms with Gasteiger partial charge in [-0.3, -0.25) is 4.57 Å². The summed E-state index contributed by atoms with van der Waals surface area (Å²) in [5.41, 5.74) is 11.5. The van der Waals surface area contributed by atoms with Crippen LogP contribution in [0.2, 0.25) is 0 Å². The molecule has 4 N–H and O–H groups in total. The van der Waals surface area contributed by atoms with Gasteiger partial charge < -0.3 is 34.3 Å². The molecule has 0 amide bonds. The first-order valence-corrected chi connectivity index (χ1v) is 16.6. The molecular weight excluding hydrogens is 702 g/mol. The van der Waals surface area contributed by atoms with Crippen LogP contribution >= 0.6 is 0 Å². The topological polar surface area (TPSA) is 218 Å². The average Bonchev–Trinajstić information content (AvgIpc) is 3.51. The zero-order valence-corrected chi connectivity index (χ0v) is 29.9. The summed E-state index contributed by atoms with van der Waals surface area (Å²) in [6.45, 7) is 5.44. The molecule has 0 aliphatic carbocycles. The van der Waals surface area contributed by atoms with Crippen molar-refractivity contribution in [1.29, 1.82) is 0 Å². The van der Waals surface area contributed by atoms with Gasteiger partial charge in [0.2, 0.25) is 6.23 Å². The molecule has 4 aromatic carbocycles. The van der Waals surface area contributed by atoms with Gasteiger partial charge in [0.1, 0.15) is 12.4 Å². The molecule has 5 rings (SSSR count). The quantitative estimate of drug-likeness (QED) is 0.0190. The highest BCUT2D eigenvalue weighted by atomic mass is 16.9. The number of nitrogens with two attached hydrogens (primary N) is 2. The number of methoxy groups -OCH3 is 1. The summed E-state index contributed by atoms with van der Waals surface area (Å²) in [4.78, 5) is 44.8. The number of para-hydroxylation sites is 1. The molecule has 1 aromatic heterocycles. The maximum Gasteiger partial charge on any atom is 0.515 e. The van der Waals surface area contributed by atoms with E-state index in [9.17, 15) is 19.7 Å². The van der Waals surface area contributed by atoms with E-state index < -0.39 is 29.7 Å². The maximum atomic E-state index is 13.1. The summed E-state index contributed by atoms with van der Waals surface area (Å²) in [6, 6.07) is 26.5. The van der Waals surface area contributed by atoms with Crippen molar-refractivity contribution in [3.05, 3.63) is 123 Å². The van der Waals surface area contributed by atoms with Gasteiger partial charge in [0, 0.05) is 12.7 Å². The number of ether oxygens (including phenoxy) is 5. The predicted octanol–water partition coefficient (Wildman–Crippen LogP) is 5.37. The smallest absolute Gasteiger partial charge is 0.465 e. The SMILES string of the molecule is CCOc1nc2cccc(C(=O)OC(C)OC)c2n1Cc1ccc(-c2ccccc2/C(N)=N/N(N)C(C)OC(=O)Oc2ccc(CO[N+](=O)[O-])cc2)cc1. The summed E-state index contributed by atoms with van der Waals surface area (Å²) >= 11 is 0. The fraction of sp³-hybridized carbons (Fsp3) is 0.243. The number of benzene rings is 4. The predicted molar refractivity (Wildman–Crippen MR) is 195 cm³/mol. The second-order valence-electron chi connectivity index (χ2n) is 11.6. The first-order chi connectivity index (χ1) is 26.0. The first-order valence-electron chi connectivity index (χ1n) is 16.6. The zero-order valence-electron chi connectivity index (χ0n) is 29.9. The van der Waals surface area contributed by atoms with E-state index in [0.29, 0.717) is 46.9 Å². The Labute approximate surface area is 309 Å². The highest BCUT2D eigenvalue weighted by Crippen LogP contribution is 2.29. The number of aromatic nitrogens is 2. The van der Waals surface area contributed by atoms with Crippen LogP contribution < -0.4 is 21.1 Å². The third kappa shape index (κ3) is 9.58. The highest BCUT2D eigenvalue weighted by molar-refractivity contribution is 6.03. The normalized spacial score (nSPS) is 12.4. The lowest BCUT2D eigenvalue weighted by atomic mass is 9.98. The van der Waals surface area contributed by atoms with E-state index in [4.69, 9.17) is 35.3 Å². The minimum absolute atomic E-state index is 0.0574. The third-order valence-corrected chi connectivity index (χ3v) is 7.96. The second kappa shape index (κ2) is 17.7. The van der Waals surface area contributed by atoms with Gasteiger partial charge in [0.25, 0.3) is 11.1 Å². The van der Waals surface area contributed by atoms with Crippen LogP contribution in [-0.2, 0) is 32.2 Å². The Kier molecular flexibility index (Phi) is 12.6. The van der Waals surface area contributed by atoms with E-state index in [2.05, 4.69) is 14.9 Å². The molecule has 0 saturated carbocycles. The summed E-state index contributed by atoms with van der Waals surface area (Å²) in [7, 11) is 1.46. The number of amidine groups is 1. The molecule has 0 bridgehead atoms. The number of rotatable bonds is 16. The fourth-order valence-corrected chi connectivity index (χ4v) is 5.26. The number of nitrogens with zero attached hydrogens (tertiary/aromatic N) is 5. The molecule has 17 nitrogen and oxygen atoms in total. The number of esters is 1. The average molecular weight is 742 g/mol. The second-order valence-corrected chi connectivity index (χ2v) is 11.6. The van der Waals surface area contributed by atoms with Gasteiger partial charge in [-0.25, -0.2) is 15.4 Å². The van der Waals surface area contributed by atoms with Crippen molar-refractivity contribution in [1.82, 2.24) is 14.7 Å². The fourth-order valence-electron chi connectivity index (χ4n) is 5.26. The van der Waals surface area contributed by atoms with Gasteiger partial charge in [-0.15, -0.1) is 15.2 Å². The molecule has 0 radical (unpaired) electrons. The first kappa shape index (κ1) is 38.5. The lowest BCUT2D eigenvalue weighted by molar-refractivity contribution is -0.763. The molecular formula is C37H39N7O10. The lowest BCUT2D eigenvalue weighted by Crippen LogP contribution is -2.40. The van der Waals surface area contributed by atoms with Gasteiger partial charge in [-0.05, 0) is 67.3 Å². The maximum absolute atomic E-state index is 13.1. The van der Waals surface area contributed by atoms with E-state index in [1.54, 1.807) is 37.3 Å². The summed E-state index contributed by atoms with van der Waals surface area (Å²) in [5, 5.41) is 14.6.